The first kappa shape index (κ1) is 13.7. The zero-order chi connectivity index (χ0) is 13.9. The molecule has 0 saturated heterocycles. The van der Waals surface area contributed by atoms with Gasteiger partial charge in [-0.25, -0.2) is 0 Å². The lowest BCUT2D eigenvalue weighted by Gasteiger charge is -2.12. The van der Waals surface area contributed by atoms with Crippen LogP contribution < -0.4 is 5.73 Å². The molecule has 1 unspecified atom stereocenters. The molecule has 102 valence electrons. The lowest BCUT2D eigenvalue weighted by atomic mass is 9.99. The minimum absolute atomic E-state index is 0.0592. The van der Waals surface area contributed by atoms with Crippen LogP contribution in [0.1, 0.15) is 17.2 Å². The number of nitrogens with two attached hydrogens (primary N) is 1. The summed E-state index contributed by atoms with van der Waals surface area (Å²) in [6.45, 7) is 0. The largest absolute Gasteiger partial charge is 0.324 e. The van der Waals surface area contributed by atoms with E-state index in [1.165, 1.54) is 26.1 Å². The van der Waals surface area contributed by atoms with E-state index in [0.717, 1.165) is 6.42 Å². The molecule has 3 heteroatoms. The molecule has 20 heavy (non-hydrogen) atoms. The van der Waals surface area contributed by atoms with Gasteiger partial charge in [0.15, 0.2) is 0 Å². The highest BCUT2D eigenvalue weighted by Gasteiger charge is 2.10. The van der Waals surface area contributed by atoms with Gasteiger partial charge in [0.05, 0.1) is 0 Å². The number of thiophene rings is 1. The van der Waals surface area contributed by atoms with Crippen molar-refractivity contribution < 1.29 is 0 Å². The molecule has 1 aromatic heterocycles. The molecule has 0 radical (unpaired) electrons. The van der Waals surface area contributed by atoms with Crippen LogP contribution in [-0.2, 0) is 6.42 Å². The van der Waals surface area contributed by atoms with Crippen molar-refractivity contribution >= 4 is 33.2 Å². The van der Waals surface area contributed by atoms with Crippen molar-refractivity contribution in [2.45, 2.75) is 17.4 Å². The summed E-state index contributed by atoms with van der Waals surface area (Å²) in [5.74, 6) is 0. The maximum Gasteiger partial charge on any atom is 0.0345 e. The van der Waals surface area contributed by atoms with Gasteiger partial charge in [-0.3, -0.25) is 0 Å². The lowest BCUT2D eigenvalue weighted by Crippen LogP contribution is -2.12. The molecule has 3 aromatic rings. The van der Waals surface area contributed by atoms with E-state index in [9.17, 15) is 0 Å². The normalized spacial score (nSPS) is 12.7. The number of rotatable bonds is 4. The topological polar surface area (TPSA) is 26.0 Å². The SMILES string of the molecule is CSc1ccc(C(N)Cc2csc3ccccc23)cc1. The van der Waals surface area contributed by atoms with Gasteiger partial charge in [-0.15, -0.1) is 23.1 Å². The fourth-order valence-electron chi connectivity index (χ4n) is 2.40. The highest BCUT2D eigenvalue weighted by Crippen LogP contribution is 2.29. The summed E-state index contributed by atoms with van der Waals surface area (Å²) >= 11 is 3.56. The van der Waals surface area contributed by atoms with Crippen molar-refractivity contribution in [2.24, 2.45) is 5.73 Å². The molecule has 0 aliphatic heterocycles. The van der Waals surface area contributed by atoms with Crippen LogP contribution in [0.4, 0.5) is 0 Å². The maximum absolute atomic E-state index is 6.37. The van der Waals surface area contributed by atoms with Gasteiger partial charge >= 0.3 is 0 Å². The molecule has 1 nitrogen and oxygen atoms in total. The molecule has 0 bridgehead atoms. The minimum atomic E-state index is 0.0592. The Morgan fingerprint density at radius 1 is 1.10 bits per heavy atom. The zero-order valence-electron chi connectivity index (χ0n) is 11.4. The van der Waals surface area contributed by atoms with Crippen LogP contribution in [0.2, 0.25) is 0 Å². The molecular weight excluding hydrogens is 282 g/mol. The van der Waals surface area contributed by atoms with E-state index in [1.54, 1.807) is 23.1 Å². The number of thioether (sulfide) groups is 1. The number of fused-ring (bicyclic) bond motifs is 1. The highest BCUT2D eigenvalue weighted by molar-refractivity contribution is 7.98. The van der Waals surface area contributed by atoms with Crippen molar-refractivity contribution in [3.63, 3.8) is 0 Å². The first-order valence-electron chi connectivity index (χ1n) is 6.62. The predicted octanol–water partition coefficient (Wildman–Crippen LogP) is 4.87. The maximum atomic E-state index is 6.37. The standard InChI is InChI=1S/C17H17NS2/c1-19-14-8-6-12(7-9-14)16(18)10-13-11-20-17-5-3-2-4-15(13)17/h2-9,11,16H,10,18H2,1H3. The predicted molar refractivity (Wildman–Crippen MR) is 90.7 cm³/mol. The fraction of sp³-hybridized carbons (Fsp3) is 0.176. The molecular formula is C17H17NS2. The van der Waals surface area contributed by atoms with Crippen LogP contribution in [0.15, 0.2) is 58.8 Å². The third-order valence-electron chi connectivity index (χ3n) is 3.54. The monoisotopic (exact) mass is 299 g/mol. The molecule has 0 amide bonds. The second kappa shape index (κ2) is 6.00. The Morgan fingerprint density at radius 2 is 1.85 bits per heavy atom. The Labute approximate surface area is 127 Å². The first-order valence-corrected chi connectivity index (χ1v) is 8.73. The molecule has 2 N–H and O–H groups in total. The molecule has 1 atom stereocenters. The Hall–Kier alpha value is -1.29. The van der Waals surface area contributed by atoms with Gasteiger partial charge < -0.3 is 5.73 Å². The Bertz CT molecular complexity index is 700. The highest BCUT2D eigenvalue weighted by atomic mass is 32.2. The van der Waals surface area contributed by atoms with E-state index in [1.807, 2.05) is 0 Å². The summed E-state index contributed by atoms with van der Waals surface area (Å²) in [5.41, 5.74) is 8.93. The molecule has 0 fully saturated rings. The van der Waals surface area contributed by atoms with Gasteiger partial charge in [0.1, 0.15) is 0 Å². The van der Waals surface area contributed by atoms with Crippen molar-refractivity contribution in [1.82, 2.24) is 0 Å². The van der Waals surface area contributed by atoms with Gasteiger partial charge in [0.2, 0.25) is 0 Å². The summed E-state index contributed by atoms with van der Waals surface area (Å²) in [7, 11) is 0. The number of benzene rings is 2. The van der Waals surface area contributed by atoms with Gasteiger partial charge in [-0.2, -0.15) is 0 Å². The first-order chi connectivity index (χ1) is 9.78. The van der Waals surface area contributed by atoms with Crippen molar-refractivity contribution in [2.75, 3.05) is 6.26 Å². The van der Waals surface area contributed by atoms with Crippen molar-refractivity contribution in [1.29, 1.82) is 0 Å². The summed E-state index contributed by atoms with van der Waals surface area (Å²) in [4.78, 5) is 1.28. The van der Waals surface area contributed by atoms with Gasteiger partial charge in [0.25, 0.3) is 0 Å². The van der Waals surface area contributed by atoms with Crippen LogP contribution in [0.5, 0.6) is 0 Å². The Balaban J connectivity index is 1.82. The third-order valence-corrected chi connectivity index (χ3v) is 5.30. The average Bonchev–Trinajstić information content (AvgIpc) is 2.91. The molecule has 2 aromatic carbocycles. The summed E-state index contributed by atoms with van der Waals surface area (Å²) in [6.07, 6.45) is 2.98. The van der Waals surface area contributed by atoms with Crippen molar-refractivity contribution in [3.05, 3.63) is 65.0 Å². The van der Waals surface area contributed by atoms with Gasteiger partial charge in [-0.1, -0.05) is 30.3 Å². The van der Waals surface area contributed by atoms with Crippen LogP contribution in [-0.4, -0.2) is 6.26 Å². The quantitative estimate of drug-likeness (QED) is 0.696. The van der Waals surface area contributed by atoms with Gasteiger partial charge in [0, 0.05) is 15.6 Å². The molecule has 0 aliphatic carbocycles. The van der Waals surface area contributed by atoms with E-state index >= 15 is 0 Å². The summed E-state index contributed by atoms with van der Waals surface area (Å²) in [5, 5.41) is 3.58. The van der Waals surface area contributed by atoms with Crippen LogP contribution in [0.3, 0.4) is 0 Å². The molecule has 0 saturated carbocycles. The van der Waals surface area contributed by atoms with Gasteiger partial charge in [-0.05, 0) is 52.8 Å². The Morgan fingerprint density at radius 3 is 2.60 bits per heavy atom. The molecule has 3 rings (SSSR count). The minimum Gasteiger partial charge on any atom is -0.324 e. The number of hydrogen-bond acceptors (Lipinski definition) is 3. The van der Waals surface area contributed by atoms with Crippen LogP contribution in [0, 0.1) is 0 Å². The summed E-state index contributed by atoms with van der Waals surface area (Å²) in [6, 6.07) is 17.2. The smallest absolute Gasteiger partial charge is 0.0345 e. The van der Waals surface area contributed by atoms with E-state index in [-0.39, 0.29) is 6.04 Å². The number of hydrogen-bond donors (Lipinski definition) is 1. The second-order valence-electron chi connectivity index (χ2n) is 4.84. The van der Waals surface area contributed by atoms with Crippen LogP contribution >= 0.6 is 23.1 Å². The second-order valence-corrected chi connectivity index (χ2v) is 6.63. The third kappa shape index (κ3) is 2.75. The van der Waals surface area contributed by atoms with Crippen molar-refractivity contribution in [3.8, 4) is 0 Å². The zero-order valence-corrected chi connectivity index (χ0v) is 13.0. The molecule has 0 spiro atoms. The molecule has 1 heterocycles. The fourth-order valence-corrected chi connectivity index (χ4v) is 3.78. The molecule has 0 aliphatic rings. The average molecular weight is 299 g/mol. The Kier molecular flexibility index (Phi) is 4.10. The van der Waals surface area contributed by atoms with E-state index in [4.69, 9.17) is 5.73 Å². The lowest BCUT2D eigenvalue weighted by molar-refractivity contribution is 0.726. The van der Waals surface area contributed by atoms with E-state index < -0.39 is 0 Å². The summed E-state index contributed by atoms with van der Waals surface area (Å²) < 4.78 is 1.34. The van der Waals surface area contributed by atoms with E-state index in [0.29, 0.717) is 0 Å². The van der Waals surface area contributed by atoms with E-state index in [2.05, 4.69) is 60.2 Å². The van der Waals surface area contributed by atoms with Crippen LogP contribution in [0.25, 0.3) is 10.1 Å².